The van der Waals surface area contributed by atoms with Crippen LogP contribution in [0.4, 0.5) is 0 Å². The largest absolute Gasteiger partial charge is 0.254 e. The first kappa shape index (κ1) is 11.3. The van der Waals surface area contributed by atoms with Gasteiger partial charge in [-0.25, -0.2) is 0 Å². The van der Waals surface area contributed by atoms with E-state index in [1.54, 1.807) is 0 Å². The standard InChI is InChI=1S/C13H12N2.Cu/c1-9-2-5-12(14-7-9)13-6-10-3-4-11(10)8-15-13;/h2,5-8H,3-4H2,1H3;. The van der Waals surface area contributed by atoms with Crippen LogP contribution in [0.3, 0.4) is 0 Å². The van der Waals surface area contributed by atoms with Crippen molar-refractivity contribution in [3.05, 3.63) is 47.3 Å². The van der Waals surface area contributed by atoms with Gasteiger partial charge < -0.3 is 0 Å². The first-order valence-electron chi connectivity index (χ1n) is 5.24. The molecule has 2 aromatic heterocycles. The zero-order valence-electron chi connectivity index (χ0n) is 9.00. The Labute approximate surface area is 106 Å². The van der Waals surface area contributed by atoms with Crippen molar-refractivity contribution in [2.24, 2.45) is 0 Å². The molecule has 0 aromatic carbocycles. The topological polar surface area (TPSA) is 25.8 Å². The normalized spacial score (nSPS) is 12.3. The predicted molar refractivity (Wildman–Crippen MR) is 59.6 cm³/mol. The first-order valence-corrected chi connectivity index (χ1v) is 5.24. The molecule has 3 rings (SSSR count). The molecule has 0 unspecified atom stereocenters. The molecular formula is C13H12CuN2. The van der Waals surface area contributed by atoms with Crippen LogP contribution in [-0.4, -0.2) is 9.97 Å². The van der Waals surface area contributed by atoms with E-state index in [1.165, 1.54) is 29.5 Å². The molecule has 16 heavy (non-hydrogen) atoms. The molecule has 3 heteroatoms. The van der Waals surface area contributed by atoms with E-state index in [9.17, 15) is 0 Å². The minimum Gasteiger partial charge on any atom is -0.254 e. The zero-order chi connectivity index (χ0) is 10.3. The van der Waals surface area contributed by atoms with Crippen molar-refractivity contribution in [1.82, 2.24) is 9.97 Å². The molecule has 0 amide bonds. The maximum atomic E-state index is 4.43. The Morgan fingerprint density at radius 1 is 0.938 bits per heavy atom. The predicted octanol–water partition coefficient (Wildman–Crippen LogP) is 2.55. The summed E-state index contributed by atoms with van der Waals surface area (Å²) in [7, 11) is 0. The van der Waals surface area contributed by atoms with E-state index in [4.69, 9.17) is 0 Å². The maximum absolute atomic E-state index is 4.43. The van der Waals surface area contributed by atoms with Crippen LogP contribution in [0.5, 0.6) is 0 Å². The molecule has 1 aliphatic rings. The van der Waals surface area contributed by atoms with Crippen molar-refractivity contribution in [3.8, 4) is 11.4 Å². The Kier molecular flexibility index (Phi) is 3.08. The molecule has 2 nitrogen and oxygen atoms in total. The van der Waals surface area contributed by atoms with Crippen LogP contribution >= 0.6 is 0 Å². The summed E-state index contributed by atoms with van der Waals surface area (Å²) in [5.74, 6) is 0. The SMILES string of the molecule is Cc1ccc(-c2cc3c(cn2)CC3)nc1.[Cu]. The fourth-order valence-corrected chi connectivity index (χ4v) is 1.84. The Hall–Kier alpha value is -1.18. The third kappa shape index (κ3) is 1.89. The van der Waals surface area contributed by atoms with E-state index < -0.39 is 0 Å². The number of hydrogen-bond acceptors (Lipinski definition) is 2. The first-order chi connectivity index (χ1) is 7.33. The van der Waals surface area contributed by atoms with Gasteiger partial charge in [0.05, 0.1) is 11.4 Å². The maximum Gasteiger partial charge on any atom is 0.0889 e. The summed E-state index contributed by atoms with van der Waals surface area (Å²) in [6, 6.07) is 6.27. The number of nitrogens with zero attached hydrogens (tertiary/aromatic N) is 2. The van der Waals surface area contributed by atoms with Crippen molar-refractivity contribution in [2.75, 3.05) is 0 Å². The van der Waals surface area contributed by atoms with Gasteiger partial charge in [0.15, 0.2) is 0 Å². The molecule has 0 atom stereocenters. The van der Waals surface area contributed by atoms with Crippen molar-refractivity contribution < 1.29 is 17.1 Å². The molecule has 85 valence electrons. The monoisotopic (exact) mass is 259 g/mol. The van der Waals surface area contributed by atoms with Gasteiger partial charge in [-0.05, 0) is 48.6 Å². The molecule has 0 fully saturated rings. The van der Waals surface area contributed by atoms with E-state index in [0.717, 1.165) is 11.4 Å². The third-order valence-corrected chi connectivity index (χ3v) is 2.92. The molecule has 0 bridgehead atoms. The van der Waals surface area contributed by atoms with Crippen molar-refractivity contribution in [1.29, 1.82) is 0 Å². The molecule has 0 saturated heterocycles. The van der Waals surface area contributed by atoms with E-state index in [-0.39, 0.29) is 17.1 Å². The average molecular weight is 260 g/mol. The van der Waals surface area contributed by atoms with Gasteiger partial charge in [-0.15, -0.1) is 0 Å². The minimum atomic E-state index is 0. The summed E-state index contributed by atoms with van der Waals surface area (Å²) < 4.78 is 0. The quantitative estimate of drug-likeness (QED) is 0.736. The van der Waals surface area contributed by atoms with E-state index in [0.29, 0.717) is 0 Å². The van der Waals surface area contributed by atoms with Gasteiger partial charge >= 0.3 is 0 Å². The second kappa shape index (κ2) is 4.36. The Morgan fingerprint density at radius 2 is 1.69 bits per heavy atom. The zero-order valence-corrected chi connectivity index (χ0v) is 9.94. The number of aromatic nitrogens is 2. The number of aryl methyl sites for hydroxylation is 3. The van der Waals surface area contributed by atoms with Crippen LogP contribution in [0.15, 0.2) is 30.6 Å². The summed E-state index contributed by atoms with van der Waals surface area (Å²) in [6.45, 7) is 2.04. The van der Waals surface area contributed by atoms with Gasteiger partial charge in [-0.3, -0.25) is 9.97 Å². The second-order valence-corrected chi connectivity index (χ2v) is 4.06. The van der Waals surface area contributed by atoms with Gasteiger partial charge in [-0.1, -0.05) is 6.07 Å². The second-order valence-electron chi connectivity index (χ2n) is 4.06. The van der Waals surface area contributed by atoms with E-state index in [1.807, 2.05) is 25.4 Å². The van der Waals surface area contributed by atoms with Crippen molar-refractivity contribution >= 4 is 0 Å². The van der Waals surface area contributed by atoms with Crippen LogP contribution in [0, 0.1) is 6.92 Å². The van der Waals surface area contributed by atoms with Gasteiger partial charge in [0.25, 0.3) is 0 Å². The third-order valence-electron chi connectivity index (χ3n) is 2.92. The summed E-state index contributed by atoms with van der Waals surface area (Å²) in [4.78, 5) is 8.81. The fourth-order valence-electron chi connectivity index (χ4n) is 1.84. The van der Waals surface area contributed by atoms with Crippen LogP contribution in [0.1, 0.15) is 16.7 Å². The summed E-state index contributed by atoms with van der Waals surface area (Å²) in [6.07, 6.45) is 6.24. The van der Waals surface area contributed by atoms with Gasteiger partial charge in [0.1, 0.15) is 0 Å². The fraction of sp³-hybridized carbons (Fsp3) is 0.231. The van der Waals surface area contributed by atoms with Gasteiger partial charge in [0.2, 0.25) is 0 Å². The van der Waals surface area contributed by atoms with Gasteiger partial charge in [0, 0.05) is 29.5 Å². The molecule has 2 aromatic rings. The molecule has 1 radical (unpaired) electrons. The Morgan fingerprint density at radius 3 is 2.25 bits per heavy atom. The summed E-state index contributed by atoms with van der Waals surface area (Å²) in [5, 5.41) is 0. The summed E-state index contributed by atoms with van der Waals surface area (Å²) in [5.41, 5.74) is 5.97. The van der Waals surface area contributed by atoms with Crippen LogP contribution in [-0.2, 0) is 29.9 Å². The molecule has 2 heterocycles. The molecule has 0 aliphatic heterocycles. The number of rotatable bonds is 1. The van der Waals surface area contributed by atoms with Crippen LogP contribution in [0.2, 0.25) is 0 Å². The molecule has 1 aliphatic carbocycles. The molecule has 0 N–H and O–H groups in total. The minimum absolute atomic E-state index is 0. The van der Waals surface area contributed by atoms with E-state index >= 15 is 0 Å². The number of fused-ring (bicyclic) bond motifs is 1. The Bertz CT molecular complexity index is 506. The molecule has 0 saturated carbocycles. The van der Waals surface area contributed by atoms with Crippen molar-refractivity contribution in [2.45, 2.75) is 19.8 Å². The van der Waals surface area contributed by atoms with E-state index in [2.05, 4.69) is 22.1 Å². The number of hydrogen-bond donors (Lipinski definition) is 0. The number of pyridine rings is 2. The van der Waals surface area contributed by atoms with Crippen molar-refractivity contribution in [3.63, 3.8) is 0 Å². The smallest absolute Gasteiger partial charge is 0.0889 e. The van der Waals surface area contributed by atoms with Gasteiger partial charge in [-0.2, -0.15) is 0 Å². The summed E-state index contributed by atoms with van der Waals surface area (Å²) >= 11 is 0. The molecule has 0 spiro atoms. The molecular weight excluding hydrogens is 248 g/mol. The van der Waals surface area contributed by atoms with Crippen LogP contribution < -0.4 is 0 Å². The Balaban J connectivity index is 0.000000963. The average Bonchev–Trinajstić information content (AvgIpc) is 2.22. The van der Waals surface area contributed by atoms with Crippen LogP contribution in [0.25, 0.3) is 11.4 Å².